The van der Waals surface area contributed by atoms with Crippen molar-refractivity contribution < 1.29 is 18.9 Å². The molecular weight excluding hydrogens is 408 g/mol. The van der Waals surface area contributed by atoms with Crippen LogP contribution >= 0.6 is 11.8 Å². The summed E-state index contributed by atoms with van der Waals surface area (Å²) in [5, 5.41) is 0. The molecule has 2 aliphatic heterocycles. The van der Waals surface area contributed by atoms with Crippen molar-refractivity contribution in [3.8, 4) is 0 Å². The Morgan fingerprint density at radius 3 is 2.29 bits per heavy atom. The third-order valence-corrected chi connectivity index (χ3v) is 8.63. The smallest absolute Gasteiger partial charge is 0.160 e. The lowest BCUT2D eigenvalue weighted by Crippen LogP contribution is -2.47. The van der Waals surface area contributed by atoms with E-state index in [0.717, 1.165) is 12.2 Å². The molecule has 3 unspecified atom stereocenters. The van der Waals surface area contributed by atoms with Gasteiger partial charge in [0.2, 0.25) is 0 Å². The zero-order valence-corrected chi connectivity index (χ0v) is 20.3. The predicted molar refractivity (Wildman–Crippen MR) is 130 cm³/mol. The first-order valence-electron chi connectivity index (χ1n) is 11.5. The van der Waals surface area contributed by atoms with E-state index in [4.69, 9.17) is 18.9 Å². The number of hydrogen-bond donors (Lipinski definition) is 0. The Hall–Kier alpha value is -0.590. The number of rotatable bonds is 8. The first-order chi connectivity index (χ1) is 14.4. The van der Waals surface area contributed by atoms with Crippen LogP contribution in [-0.4, -0.2) is 43.4 Å². The van der Waals surface area contributed by atoms with Crippen LogP contribution in [0.4, 0.5) is 0 Å². The zero-order chi connectivity index (χ0) is 21.7. The van der Waals surface area contributed by atoms with Crippen LogP contribution in [0.3, 0.4) is 0 Å². The van der Waals surface area contributed by atoms with Gasteiger partial charge in [-0.25, -0.2) is 0 Å². The van der Waals surface area contributed by atoms with Crippen LogP contribution in [0.15, 0.2) is 30.3 Å². The molecule has 0 saturated carbocycles. The normalized spacial score (nSPS) is 38.5. The van der Waals surface area contributed by atoms with E-state index in [1.807, 2.05) is 17.8 Å². The summed E-state index contributed by atoms with van der Waals surface area (Å²) in [6, 6.07) is 10.3. The predicted octanol–water partition coefficient (Wildman–Crippen LogP) is 6.24. The summed E-state index contributed by atoms with van der Waals surface area (Å²) in [5.41, 5.74) is 1.41. The van der Waals surface area contributed by atoms with E-state index in [-0.39, 0.29) is 31.4 Å². The number of ether oxygens (including phenoxy) is 4. The maximum atomic E-state index is 6.49. The Labute approximate surface area is 194 Å². The van der Waals surface area contributed by atoms with E-state index in [1.54, 1.807) is 7.11 Å². The van der Waals surface area contributed by atoms with Crippen molar-refractivity contribution in [2.75, 3.05) is 19.5 Å². The molecule has 1 aromatic rings. The standard InChI is InChI=1S/C25H40O4S.CH4/c1-16-12-24(30-15-23-19(4)18(3)20(5)25(26-6)29-23)28-22(17(16)2)14-27-13-21-10-8-7-9-11-21;/h7-11,16-20,22-25H,12-15H2,1-6H3;1H4/t16-,17+,18+,19+,20?,22?,23?,24+,25+;/m1./s1. The molecule has 4 nitrogen and oxygen atoms in total. The Morgan fingerprint density at radius 1 is 0.903 bits per heavy atom. The second kappa shape index (κ2) is 12.6. The van der Waals surface area contributed by atoms with E-state index in [0.29, 0.717) is 42.8 Å². The van der Waals surface area contributed by atoms with Gasteiger partial charge in [0.25, 0.3) is 0 Å². The summed E-state index contributed by atoms with van der Waals surface area (Å²) in [4.78, 5) is 0. The largest absolute Gasteiger partial charge is 0.374 e. The maximum Gasteiger partial charge on any atom is 0.160 e. The van der Waals surface area contributed by atoms with Crippen LogP contribution in [0.1, 0.15) is 54.0 Å². The lowest BCUT2D eigenvalue weighted by Gasteiger charge is -2.44. The molecule has 0 aliphatic carbocycles. The minimum Gasteiger partial charge on any atom is -0.374 e. The second-order valence-electron chi connectivity index (χ2n) is 9.37. The fourth-order valence-corrected chi connectivity index (χ4v) is 6.02. The van der Waals surface area contributed by atoms with Crippen molar-refractivity contribution in [3.05, 3.63) is 35.9 Å². The van der Waals surface area contributed by atoms with Gasteiger partial charge < -0.3 is 18.9 Å². The van der Waals surface area contributed by atoms with Gasteiger partial charge in [0.05, 0.1) is 25.4 Å². The second-order valence-corrected chi connectivity index (χ2v) is 10.6. The fraction of sp³-hybridized carbons (Fsp3) is 0.769. The van der Waals surface area contributed by atoms with Crippen molar-refractivity contribution in [2.45, 2.75) is 79.0 Å². The van der Waals surface area contributed by atoms with E-state index in [2.05, 4.69) is 58.9 Å². The van der Waals surface area contributed by atoms with Crippen molar-refractivity contribution in [1.29, 1.82) is 0 Å². The average molecular weight is 453 g/mol. The number of benzene rings is 1. The highest BCUT2D eigenvalue weighted by Gasteiger charge is 2.40. The van der Waals surface area contributed by atoms with Crippen LogP contribution in [0, 0.1) is 29.6 Å². The highest BCUT2D eigenvalue weighted by atomic mass is 32.2. The summed E-state index contributed by atoms with van der Waals surface area (Å²) in [6.07, 6.45) is 1.33. The Bertz CT molecular complexity index is 625. The molecule has 0 radical (unpaired) electrons. The number of thioether (sulfide) groups is 1. The minimum atomic E-state index is -0.104. The molecule has 2 fully saturated rings. The molecule has 1 aromatic carbocycles. The molecule has 0 N–H and O–H groups in total. The number of hydrogen-bond acceptors (Lipinski definition) is 5. The van der Waals surface area contributed by atoms with E-state index >= 15 is 0 Å². The molecule has 2 heterocycles. The molecule has 2 saturated heterocycles. The Morgan fingerprint density at radius 2 is 1.61 bits per heavy atom. The van der Waals surface area contributed by atoms with Gasteiger partial charge in [-0.1, -0.05) is 72.4 Å². The van der Waals surface area contributed by atoms with Gasteiger partial charge in [-0.05, 0) is 35.7 Å². The van der Waals surface area contributed by atoms with Crippen molar-refractivity contribution in [2.24, 2.45) is 29.6 Å². The highest BCUT2D eigenvalue weighted by molar-refractivity contribution is 7.99. The summed E-state index contributed by atoms with van der Waals surface area (Å²) >= 11 is 1.90. The number of methoxy groups -OCH3 is 1. The highest BCUT2D eigenvalue weighted by Crippen LogP contribution is 2.40. The third kappa shape index (κ3) is 6.94. The Kier molecular flexibility index (Phi) is 10.8. The van der Waals surface area contributed by atoms with E-state index in [1.165, 1.54) is 5.56 Å². The van der Waals surface area contributed by atoms with Gasteiger partial charge in [-0.3, -0.25) is 0 Å². The zero-order valence-electron chi connectivity index (χ0n) is 19.5. The van der Waals surface area contributed by atoms with E-state index < -0.39 is 0 Å². The summed E-state index contributed by atoms with van der Waals surface area (Å²) < 4.78 is 24.4. The van der Waals surface area contributed by atoms with Gasteiger partial charge in [-0.15, -0.1) is 11.8 Å². The lowest BCUT2D eigenvalue weighted by molar-refractivity contribution is -0.231. The molecule has 0 amide bonds. The van der Waals surface area contributed by atoms with Crippen LogP contribution in [0.5, 0.6) is 0 Å². The lowest BCUT2D eigenvalue weighted by atomic mass is 9.79. The summed E-state index contributed by atoms with van der Waals surface area (Å²) in [5.74, 6) is 3.59. The molecule has 2 aliphatic rings. The quantitative estimate of drug-likeness (QED) is 0.467. The van der Waals surface area contributed by atoms with Gasteiger partial charge in [-0.2, -0.15) is 0 Å². The molecule has 0 bridgehead atoms. The average Bonchev–Trinajstić information content (AvgIpc) is 2.75. The van der Waals surface area contributed by atoms with Crippen molar-refractivity contribution in [3.63, 3.8) is 0 Å². The monoisotopic (exact) mass is 452 g/mol. The first kappa shape index (κ1) is 26.7. The van der Waals surface area contributed by atoms with Gasteiger partial charge >= 0.3 is 0 Å². The molecule has 5 heteroatoms. The van der Waals surface area contributed by atoms with Gasteiger partial charge in [0.15, 0.2) is 6.29 Å². The molecule has 3 rings (SSSR count). The molecule has 0 aromatic heterocycles. The van der Waals surface area contributed by atoms with Crippen LogP contribution in [0.25, 0.3) is 0 Å². The molecule has 0 spiro atoms. The SMILES string of the molecule is C.CO[C@H]1OC(CS[C@H]2C[C@@H](C)[C@H](C)C(COCc3ccccc3)O2)[C@@H](C)[C@H](C)C1C. The van der Waals surface area contributed by atoms with Crippen molar-refractivity contribution in [1.82, 2.24) is 0 Å². The van der Waals surface area contributed by atoms with Gasteiger partial charge in [0.1, 0.15) is 5.44 Å². The first-order valence-corrected chi connectivity index (χ1v) is 12.5. The van der Waals surface area contributed by atoms with Gasteiger partial charge in [0, 0.05) is 18.8 Å². The molecule has 9 atom stereocenters. The summed E-state index contributed by atoms with van der Waals surface area (Å²) in [6.45, 7) is 12.8. The van der Waals surface area contributed by atoms with E-state index in [9.17, 15) is 0 Å². The maximum absolute atomic E-state index is 6.49. The molecular formula is C26H44O4S. The van der Waals surface area contributed by atoms with Crippen molar-refractivity contribution >= 4 is 11.8 Å². The molecule has 31 heavy (non-hydrogen) atoms. The van der Waals surface area contributed by atoms with Crippen LogP contribution in [-0.2, 0) is 25.6 Å². The van der Waals surface area contributed by atoms with Crippen LogP contribution in [0.2, 0.25) is 0 Å². The minimum absolute atomic E-state index is 0. The Balaban J connectivity index is 0.00000341. The fourth-order valence-electron chi connectivity index (χ4n) is 4.57. The van der Waals surface area contributed by atoms with Crippen LogP contribution < -0.4 is 0 Å². The summed E-state index contributed by atoms with van der Waals surface area (Å²) in [7, 11) is 1.75. The topological polar surface area (TPSA) is 36.9 Å². The third-order valence-electron chi connectivity index (χ3n) is 7.43. The molecule has 178 valence electrons.